The zero-order chi connectivity index (χ0) is 18.0. The highest BCUT2D eigenvalue weighted by molar-refractivity contribution is 6.05. The first-order valence-electron chi connectivity index (χ1n) is 8.80. The van der Waals surface area contributed by atoms with Gasteiger partial charge in [0.25, 0.3) is 0 Å². The molecule has 2 heteroatoms. The summed E-state index contributed by atoms with van der Waals surface area (Å²) in [6.07, 6.45) is 2.38. The summed E-state index contributed by atoms with van der Waals surface area (Å²) in [5.74, 6) is 0.290. The quantitative estimate of drug-likeness (QED) is 0.585. The van der Waals surface area contributed by atoms with Crippen LogP contribution in [0.15, 0.2) is 97.6 Å². The molecule has 0 amide bonds. The van der Waals surface area contributed by atoms with Crippen molar-refractivity contribution in [2.24, 2.45) is 0 Å². The zero-order valence-electron chi connectivity index (χ0n) is 14.5. The number of para-hydroxylation sites is 1. The minimum atomic E-state index is -0.810. The molecule has 2 unspecified atom stereocenters. The van der Waals surface area contributed by atoms with Crippen LogP contribution in [0.4, 0.5) is 0 Å². The van der Waals surface area contributed by atoms with Crippen molar-refractivity contribution in [3.63, 3.8) is 0 Å². The van der Waals surface area contributed by atoms with Crippen LogP contribution in [-0.4, -0.2) is 5.78 Å². The Morgan fingerprint density at radius 2 is 1.50 bits per heavy atom. The Kier molecular flexibility index (Phi) is 4.18. The molecule has 4 rings (SSSR count). The van der Waals surface area contributed by atoms with E-state index in [0.717, 1.165) is 11.1 Å². The van der Waals surface area contributed by atoms with Gasteiger partial charge in [0.2, 0.25) is 0 Å². The SMILES string of the molecule is C=CCC1(c2ccccc2)Oc2ccccc2C(=O)C1c1ccccc1. The molecule has 0 bridgehead atoms. The van der Waals surface area contributed by atoms with Gasteiger partial charge in [-0.2, -0.15) is 0 Å². The molecule has 0 saturated heterocycles. The molecule has 3 aromatic rings. The number of benzene rings is 3. The number of hydrogen-bond acceptors (Lipinski definition) is 2. The van der Waals surface area contributed by atoms with Crippen molar-refractivity contribution in [2.75, 3.05) is 0 Å². The lowest BCUT2D eigenvalue weighted by Crippen LogP contribution is -2.46. The highest BCUT2D eigenvalue weighted by atomic mass is 16.5. The third kappa shape index (κ3) is 2.55. The molecular formula is C24H20O2. The zero-order valence-corrected chi connectivity index (χ0v) is 14.5. The van der Waals surface area contributed by atoms with Crippen LogP contribution in [0.3, 0.4) is 0 Å². The van der Waals surface area contributed by atoms with Crippen molar-refractivity contribution in [2.45, 2.75) is 17.9 Å². The first kappa shape index (κ1) is 16.3. The van der Waals surface area contributed by atoms with E-state index in [4.69, 9.17) is 4.74 Å². The number of fused-ring (bicyclic) bond motifs is 1. The third-order valence-electron chi connectivity index (χ3n) is 5.02. The lowest BCUT2D eigenvalue weighted by Gasteiger charge is -2.44. The Bertz CT molecular complexity index is 931. The van der Waals surface area contributed by atoms with Gasteiger partial charge in [0.1, 0.15) is 5.75 Å². The Balaban J connectivity index is 2.00. The lowest BCUT2D eigenvalue weighted by atomic mass is 9.70. The average molecular weight is 340 g/mol. The smallest absolute Gasteiger partial charge is 0.178 e. The van der Waals surface area contributed by atoms with Gasteiger partial charge < -0.3 is 4.74 Å². The standard InChI is InChI=1S/C24H20O2/c1-2-17-24(19-13-7-4-8-14-19)22(18-11-5-3-6-12-18)23(25)20-15-9-10-16-21(20)26-24/h2-16,22H,1,17H2. The van der Waals surface area contributed by atoms with E-state index in [0.29, 0.717) is 17.7 Å². The van der Waals surface area contributed by atoms with Gasteiger partial charge in [0.15, 0.2) is 11.4 Å². The van der Waals surface area contributed by atoms with Gasteiger partial charge in [0.05, 0.1) is 11.5 Å². The molecule has 26 heavy (non-hydrogen) atoms. The van der Waals surface area contributed by atoms with E-state index >= 15 is 0 Å². The topological polar surface area (TPSA) is 26.3 Å². The van der Waals surface area contributed by atoms with Crippen LogP contribution in [0.5, 0.6) is 5.75 Å². The molecule has 3 aromatic carbocycles. The molecule has 0 aromatic heterocycles. The van der Waals surface area contributed by atoms with E-state index in [1.165, 1.54) is 0 Å². The fraction of sp³-hybridized carbons (Fsp3) is 0.125. The van der Waals surface area contributed by atoms with E-state index < -0.39 is 11.5 Å². The van der Waals surface area contributed by atoms with E-state index in [2.05, 4.69) is 6.58 Å². The van der Waals surface area contributed by atoms with Gasteiger partial charge in [-0.15, -0.1) is 6.58 Å². The summed E-state index contributed by atoms with van der Waals surface area (Å²) in [7, 11) is 0. The molecule has 2 nitrogen and oxygen atoms in total. The Labute approximate surface area is 153 Å². The second kappa shape index (κ2) is 6.64. The normalized spacial score (nSPS) is 21.5. The van der Waals surface area contributed by atoms with Crippen LogP contribution in [-0.2, 0) is 5.60 Å². The molecule has 0 aliphatic carbocycles. The van der Waals surface area contributed by atoms with Gasteiger partial charge in [-0.3, -0.25) is 4.79 Å². The molecule has 0 radical (unpaired) electrons. The third-order valence-corrected chi connectivity index (χ3v) is 5.02. The molecule has 128 valence electrons. The highest BCUT2D eigenvalue weighted by Gasteiger charge is 2.50. The number of ketones is 1. The predicted molar refractivity (Wildman–Crippen MR) is 104 cm³/mol. The molecule has 1 aliphatic rings. The first-order valence-corrected chi connectivity index (χ1v) is 8.80. The van der Waals surface area contributed by atoms with E-state index in [9.17, 15) is 4.79 Å². The second-order valence-electron chi connectivity index (χ2n) is 6.55. The Morgan fingerprint density at radius 1 is 0.885 bits per heavy atom. The maximum atomic E-state index is 13.6. The maximum absolute atomic E-state index is 13.6. The number of hydrogen-bond donors (Lipinski definition) is 0. The highest BCUT2D eigenvalue weighted by Crippen LogP contribution is 2.50. The summed E-state index contributed by atoms with van der Waals surface area (Å²) < 4.78 is 6.59. The number of rotatable bonds is 4. The number of carbonyl (C=O) groups excluding carboxylic acids is 1. The van der Waals surface area contributed by atoms with Gasteiger partial charge in [-0.1, -0.05) is 78.9 Å². The van der Waals surface area contributed by atoms with Crippen molar-refractivity contribution in [1.29, 1.82) is 0 Å². The molecule has 1 aliphatic heterocycles. The minimum Gasteiger partial charge on any atom is -0.480 e. The van der Waals surface area contributed by atoms with Crippen molar-refractivity contribution in [3.8, 4) is 5.75 Å². The molecule has 0 fully saturated rings. The van der Waals surface area contributed by atoms with Crippen LogP contribution in [0.1, 0.15) is 33.8 Å². The molecular weight excluding hydrogens is 320 g/mol. The number of ether oxygens (including phenoxy) is 1. The molecule has 0 N–H and O–H groups in total. The molecule has 2 atom stereocenters. The largest absolute Gasteiger partial charge is 0.480 e. The lowest BCUT2D eigenvalue weighted by molar-refractivity contribution is 0.0235. The monoisotopic (exact) mass is 340 g/mol. The van der Waals surface area contributed by atoms with Gasteiger partial charge in [-0.25, -0.2) is 0 Å². The summed E-state index contributed by atoms with van der Waals surface area (Å²) in [5.41, 5.74) is 1.77. The van der Waals surface area contributed by atoms with Crippen LogP contribution in [0.25, 0.3) is 0 Å². The Hall–Kier alpha value is -3.13. The van der Waals surface area contributed by atoms with Crippen molar-refractivity contribution in [3.05, 3.63) is 114 Å². The molecule has 0 saturated carbocycles. The van der Waals surface area contributed by atoms with E-state index in [1.807, 2.05) is 91.0 Å². The first-order chi connectivity index (χ1) is 12.8. The summed E-state index contributed by atoms with van der Waals surface area (Å²) >= 11 is 0. The predicted octanol–water partition coefficient (Wildman–Crippen LogP) is 5.52. The van der Waals surface area contributed by atoms with E-state index in [1.54, 1.807) is 0 Å². The summed E-state index contributed by atoms with van der Waals surface area (Å²) in [6.45, 7) is 3.94. The second-order valence-corrected chi connectivity index (χ2v) is 6.55. The van der Waals surface area contributed by atoms with Crippen LogP contribution in [0, 0.1) is 0 Å². The number of carbonyl (C=O) groups is 1. The van der Waals surface area contributed by atoms with Crippen molar-refractivity contribution >= 4 is 5.78 Å². The molecule has 1 heterocycles. The van der Waals surface area contributed by atoms with Crippen LogP contribution < -0.4 is 4.74 Å². The van der Waals surface area contributed by atoms with Crippen LogP contribution in [0.2, 0.25) is 0 Å². The van der Waals surface area contributed by atoms with Crippen molar-refractivity contribution < 1.29 is 9.53 Å². The fourth-order valence-electron chi connectivity index (χ4n) is 3.89. The summed E-state index contributed by atoms with van der Waals surface area (Å²) in [4.78, 5) is 13.6. The minimum absolute atomic E-state index is 0.0868. The fourth-order valence-corrected chi connectivity index (χ4v) is 3.89. The maximum Gasteiger partial charge on any atom is 0.178 e. The Morgan fingerprint density at radius 3 is 2.19 bits per heavy atom. The average Bonchev–Trinajstić information content (AvgIpc) is 2.70. The van der Waals surface area contributed by atoms with Crippen molar-refractivity contribution in [1.82, 2.24) is 0 Å². The van der Waals surface area contributed by atoms with Crippen LogP contribution >= 0.6 is 0 Å². The summed E-state index contributed by atoms with van der Waals surface area (Å²) in [6, 6.07) is 27.4. The van der Waals surface area contributed by atoms with Gasteiger partial charge in [0, 0.05) is 6.42 Å². The molecule has 0 spiro atoms. The van der Waals surface area contributed by atoms with E-state index in [-0.39, 0.29) is 5.78 Å². The van der Waals surface area contributed by atoms with Gasteiger partial charge in [-0.05, 0) is 23.3 Å². The number of Topliss-reactive ketones (excluding diaryl/α,β-unsaturated/α-hetero) is 1. The summed E-state index contributed by atoms with van der Waals surface area (Å²) in [5, 5.41) is 0. The van der Waals surface area contributed by atoms with Gasteiger partial charge >= 0.3 is 0 Å².